The van der Waals surface area contributed by atoms with Gasteiger partial charge >= 0.3 is 5.69 Å². The molecule has 0 amide bonds. The number of anilines is 2. The molecule has 21 heavy (non-hydrogen) atoms. The fraction of sp³-hybridized carbons (Fsp3) is 0.625. The summed E-state index contributed by atoms with van der Waals surface area (Å²) in [5.74, 6) is 0.808. The zero-order valence-electron chi connectivity index (χ0n) is 12.9. The molecule has 0 spiro atoms. The highest BCUT2D eigenvalue weighted by Crippen LogP contribution is 2.37. The topological polar surface area (TPSA) is 67.2 Å². The molecule has 1 aliphatic carbocycles. The van der Waals surface area contributed by atoms with E-state index in [2.05, 4.69) is 17.6 Å². The van der Waals surface area contributed by atoms with Crippen LogP contribution in [-0.4, -0.2) is 17.5 Å². The lowest BCUT2D eigenvalue weighted by atomic mass is 10.1. The van der Waals surface area contributed by atoms with Gasteiger partial charge in [-0.3, -0.25) is 10.1 Å². The average molecular weight is 291 g/mol. The number of nitro benzene ring substituents is 1. The molecule has 5 nitrogen and oxygen atoms in total. The minimum Gasteiger partial charge on any atom is -0.379 e. The van der Waals surface area contributed by atoms with Crippen LogP contribution in [0.5, 0.6) is 0 Å². The van der Waals surface area contributed by atoms with Crippen LogP contribution in [0.1, 0.15) is 46.0 Å². The second-order valence-corrected chi connectivity index (χ2v) is 5.81. The number of hydrogen-bond donors (Lipinski definition) is 2. The Labute approximate surface area is 126 Å². The summed E-state index contributed by atoms with van der Waals surface area (Å²) in [7, 11) is 0. The molecule has 0 aliphatic heterocycles. The molecule has 1 atom stereocenters. The van der Waals surface area contributed by atoms with E-state index in [0.29, 0.717) is 17.4 Å². The number of rotatable bonds is 9. The molecule has 1 aliphatic rings. The Morgan fingerprint density at radius 3 is 2.62 bits per heavy atom. The van der Waals surface area contributed by atoms with Gasteiger partial charge in [0, 0.05) is 12.6 Å². The van der Waals surface area contributed by atoms with Gasteiger partial charge in [-0.25, -0.2) is 0 Å². The highest BCUT2D eigenvalue weighted by atomic mass is 16.6. The molecule has 0 radical (unpaired) electrons. The van der Waals surface area contributed by atoms with E-state index < -0.39 is 0 Å². The van der Waals surface area contributed by atoms with Crippen LogP contribution < -0.4 is 10.6 Å². The van der Waals surface area contributed by atoms with Crippen LogP contribution in [0.25, 0.3) is 0 Å². The lowest BCUT2D eigenvalue weighted by Crippen LogP contribution is -2.20. The monoisotopic (exact) mass is 291 g/mol. The van der Waals surface area contributed by atoms with Crippen LogP contribution in [0, 0.1) is 16.0 Å². The molecule has 2 N–H and O–H groups in total. The van der Waals surface area contributed by atoms with E-state index in [-0.39, 0.29) is 10.6 Å². The Morgan fingerprint density at radius 2 is 2.05 bits per heavy atom. The van der Waals surface area contributed by atoms with Gasteiger partial charge in [-0.1, -0.05) is 32.8 Å². The van der Waals surface area contributed by atoms with Gasteiger partial charge in [0.15, 0.2) is 0 Å². The molecule has 0 saturated heterocycles. The number of para-hydroxylation sites is 1. The molecule has 116 valence electrons. The van der Waals surface area contributed by atoms with Crippen LogP contribution >= 0.6 is 0 Å². The molecule has 1 unspecified atom stereocenters. The predicted octanol–water partition coefficient (Wildman–Crippen LogP) is 4.41. The van der Waals surface area contributed by atoms with E-state index in [1.165, 1.54) is 12.8 Å². The summed E-state index contributed by atoms with van der Waals surface area (Å²) in [6, 6.07) is 5.78. The molecule has 1 aromatic carbocycles. The third-order valence-electron chi connectivity index (χ3n) is 3.95. The maximum absolute atomic E-state index is 11.4. The summed E-state index contributed by atoms with van der Waals surface area (Å²) in [5.41, 5.74) is 1.40. The lowest BCUT2D eigenvalue weighted by Gasteiger charge is -2.19. The maximum Gasteiger partial charge on any atom is 0.315 e. The minimum absolute atomic E-state index is 0.167. The largest absolute Gasteiger partial charge is 0.379 e. The first kappa shape index (κ1) is 15.6. The molecule has 0 heterocycles. The third-order valence-corrected chi connectivity index (χ3v) is 3.95. The fourth-order valence-electron chi connectivity index (χ4n) is 2.56. The van der Waals surface area contributed by atoms with E-state index in [0.717, 1.165) is 31.7 Å². The quantitative estimate of drug-likeness (QED) is 0.522. The summed E-state index contributed by atoms with van der Waals surface area (Å²) >= 11 is 0. The first-order valence-corrected chi connectivity index (χ1v) is 7.93. The molecule has 0 aromatic heterocycles. The number of nitro groups is 1. The third kappa shape index (κ3) is 4.34. The Bertz CT molecular complexity index is 486. The number of hydrogen-bond acceptors (Lipinski definition) is 4. The second kappa shape index (κ2) is 7.29. The number of benzene rings is 1. The van der Waals surface area contributed by atoms with Crippen molar-refractivity contribution in [2.75, 3.05) is 17.2 Å². The van der Waals surface area contributed by atoms with Crippen LogP contribution in [-0.2, 0) is 0 Å². The zero-order chi connectivity index (χ0) is 15.2. The predicted molar refractivity (Wildman–Crippen MR) is 86.9 cm³/mol. The van der Waals surface area contributed by atoms with Gasteiger partial charge in [0.25, 0.3) is 0 Å². The standard InChI is InChI=1S/C16H25N3O2/c1-3-10-17-14-6-5-7-15(16(14)19(20)21)18-13(4-2)11-12-8-9-12/h5-7,12-13,17-18H,3-4,8-11H2,1-2H3. The van der Waals surface area contributed by atoms with Crippen molar-refractivity contribution >= 4 is 17.1 Å². The second-order valence-electron chi connectivity index (χ2n) is 5.81. The molecule has 1 fully saturated rings. The SMILES string of the molecule is CCCNc1cccc(NC(CC)CC2CC2)c1[N+](=O)[O-]. The van der Waals surface area contributed by atoms with Gasteiger partial charge in [0.05, 0.1) is 4.92 Å². The fourth-order valence-corrected chi connectivity index (χ4v) is 2.56. The number of nitrogens with one attached hydrogen (secondary N) is 2. The Kier molecular flexibility index (Phi) is 5.42. The summed E-state index contributed by atoms with van der Waals surface area (Å²) < 4.78 is 0. The summed E-state index contributed by atoms with van der Waals surface area (Å²) in [6.45, 7) is 4.92. The molecule has 0 bridgehead atoms. The van der Waals surface area contributed by atoms with Gasteiger partial charge < -0.3 is 10.6 Å². The van der Waals surface area contributed by atoms with Crippen molar-refractivity contribution in [1.82, 2.24) is 0 Å². The van der Waals surface area contributed by atoms with Gasteiger partial charge in [-0.2, -0.15) is 0 Å². The molecular formula is C16H25N3O2. The van der Waals surface area contributed by atoms with Crippen molar-refractivity contribution in [1.29, 1.82) is 0 Å². The molecule has 2 rings (SSSR count). The zero-order valence-corrected chi connectivity index (χ0v) is 12.9. The van der Waals surface area contributed by atoms with Gasteiger partial charge in [0.2, 0.25) is 0 Å². The summed E-state index contributed by atoms with van der Waals surface area (Å²) in [6.07, 6.45) is 5.64. The highest BCUT2D eigenvalue weighted by Gasteiger charge is 2.26. The van der Waals surface area contributed by atoms with Crippen molar-refractivity contribution in [3.05, 3.63) is 28.3 Å². The average Bonchev–Trinajstić information content (AvgIpc) is 3.28. The van der Waals surface area contributed by atoms with Crippen LogP contribution in [0.15, 0.2) is 18.2 Å². The van der Waals surface area contributed by atoms with Crippen LogP contribution in [0.4, 0.5) is 17.1 Å². The first-order valence-electron chi connectivity index (χ1n) is 7.93. The Hall–Kier alpha value is -1.78. The van der Waals surface area contributed by atoms with Crippen molar-refractivity contribution in [3.8, 4) is 0 Å². The van der Waals surface area contributed by atoms with Gasteiger partial charge in [-0.05, 0) is 37.3 Å². The first-order chi connectivity index (χ1) is 10.2. The van der Waals surface area contributed by atoms with Crippen molar-refractivity contribution in [3.63, 3.8) is 0 Å². The highest BCUT2D eigenvalue weighted by molar-refractivity contribution is 5.76. The van der Waals surface area contributed by atoms with Crippen molar-refractivity contribution in [2.24, 2.45) is 5.92 Å². The molecular weight excluding hydrogens is 266 g/mol. The van der Waals surface area contributed by atoms with Crippen LogP contribution in [0.2, 0.25) is 0 Å². The van der Waals surface area contributed by atoms with Crippen molar-refractivity contribution in [2.45, 2.75) is 52.0 Å². The molecule has 1 aromatic rings. The summed E-state index contributed by atoms with van der Waals surface area (Å²) in [5, 5.41) is 18.0. The lowest BCUT2D eigenvalue weighted by molar-refractivity contribution is -0.383. The maximum atomic E-state index is 11.4. The normalized spacial score (nSPS) is 15.5. The number of nitrogens with zero attached hydrogens (tertiary/aromatic N) is 1. The van der Waals surface area contributed by atoms with Crippen LogP contribution in [0.3, 0.4) is 0 Å². The Balaban J connectivity index is 2.17. The van der Waals surface area contributed by atoms with E-state index in [1.54, 1.807) is 6.07 Å². The molecule has 5 heteroatoms. The van der Waals surface area contributed by atoms with Gasteiger partial charge in [-0.15, -0.1) is 0 Å². The Morgan fingerprint density at radius 1 is 1.33 bits per heavy atom. The van der Waals surface area contributed by atoms with Gasteiger partial charge in [0.1, 0.15) is 11.4 Å². The van der Waals surface area contributed by atoms with E-state index in [4.69, 9.17) is 0 Å². The van der Waals surface area contributed by atoms with E-state index >= 15 is 0 Å². The smallest absolute Gasteiger partial charge is 0.315 e. The van der Waals surface area contributed by atoms with Crippen molar-refractivity contribution < 1.29 is 4.92 Å². The van der Waals surface area contributed by atoms with E-state index in [1.807, 2.05) is 19.1 Å². The molecule has 1 saturated carbocycles. The summed E-state index contributed by atoms with van der Waals surface area (Å²) in [4.78, 5) is 11.1. The van der Waals surface area contributed by atoms with E-state index in [9.17, 15) is 10.1 Å². The minimum atomic E-state index is -0.288.